The number of benzene rings is 1. The van der Waals surface area contributed by atoms with Gasteiger partial charge in [0.2, 0.25) is 0 Å². The highest BCUT2D eigenvalue weighted by atomic mass is 16.5. The van der Waals surface area contributed by atoms with Crippen LogP contribution in [0.4, 0.5) is 5.69 Å². The van der Waals surface area contributed by atoms with Crippen LogP contribution in [-0.2, 0) is 9.53 Å². The first-order valence-corrected chi connectivity index (χ1v) is 4.12. The van der Waals surface area contributed by atoms with E-state index in [1.165, 1.54) is 12.0 Å². The predicted molar refractivity (Wildman–Crippen MR) is 54.6 cm³/mol. The van der Waals surface area contributed by atoms with Crippen LogP contribution in [0.25, 0.3) is 0 Å². The lowest BCUT2D eigenvalue weighted by molar-refractivity contribution is -0.113. The van der Waals surface area contributed by atoms with Crippen LogP contribution >= 0.6 is 0 Å². The van der Waals surface area contributed by atoms with Gasteiger partial charge >= 0.3 is 5.91 Å². The predicted octanol–water partition coefficient (Wildman–Crippen LogP) is 1.27. The van der Waals surface area contributed by atoms with Crippen LogP contribution in [0, 0.1) is 5.41 Å². The summed E-state index contributed by atoms with van der Waals surface area (Å²) in [6, 6.07) is 9.11. The number of rotatable bonds is 1. The van der Waals surface area contributed by atoms with Gasteiger partial charge in [0, 0.05) is 12.7 Å². The molecule has 0 saturated heterocycles. The van der Waals surface area contributed by atoms with Crippen molar-refractivity contribution in [3.63, 3.8) is 0 Å². The average molecular weight is 192 g/mol. The minimum atomic E-state index is -0.460. The standard InChI is InChI=1S/C10H12N2O2/c1-12(10(13)9(11)14-2)8-6-4-3-5-7-8/h3-7,11H,1-2H3. The summed E-state index contributed by atoms with van der Waals surface area (Å²) in [7, 11) is 2.91. The first-order chi connectivity index (χ1) is 6.66. The fraction of sp³-hybridized carbons (Fsp3) is 0.200. The molecule has 1 amide bonds. The van der Waals surface area contributed by atoms with Crippen molar-refractivity contribution in [1.29, 1.82) is 5.41 Å². The Balaban J connectivity index is 2.81. The molecule has 0 heterocycles. The van der Waals surface area contributed by atoms with E-state index in [1.54, 1.807) is 19.2 Å². The van der Waals surface area contributed by atoms with Gasteiger partial charge < -0.3 is 9.64 Å². The zero-order chi connectivity index (χ0) is 10.6. The maximum atomic E-state index is 11.5. The van der Waals surface area contributed by atoms with E-state index in [0.29, 0.717) is 0 Å². The molecule has 14 heavy (non-hydrogen) atoms. The van der Waals surface area contributed by atoms with Crippen LogP contribution in [-0.4, -0.2) is 26.0 Å². The SMILES string of the molecule is COC(=N)C(=O)N(C)c1ccccc1. The number of amides is 1. The van der Waals surface area contributed by atoms with Crippen molar-refractivity contribution in [1.82, 2.24) is 0 Å². The molecule has 4 heteroatoms. The lowest BCUT2D eigenvalue weighted by Gasteiger charge is -2.16. The first-order valence-electron chi connectivity index (χ1n) is 4.12. The summed E-state index contributed by atoms with van der Waals surface area (Å²) in [6.07, 6.45) is 0. The van der Waals surface area contributed by atoms with E-state index >= 15 is 0 Å². The number of nitrogens with one attached hydrogen (secondary N) is 1. The summed E-state index contributed by atoms with van der Waals surface area (Å²) in [6.45, 7) is 0. The molecule has 0 aromatic heterocycles. The van der Waals surface area contributed by atoms with Gasteiger partial charge in [0.05, 0.1) is 7.11 Å². The van der Waals surface area contributed by atoms with Crippen LogP contribution in [0.5, 0.6) is 0 Å². The number of nitrogens with zero attached hydrogens (tertiary/aromatic N) is 1. The van der Waals surface area contributed by atoms with Crippen molar-refractivity contribution in [2.45, 2.75) is 0 Å². The fourth-order valence-corrected chi connectivity index (χ4v) is 1.01. The normalized spacial score (nSPS) is 9.29. The number of carbonyl (C=O) groups excluding carboxylic acids is 1. The van der Waals surface area contributed by atoms with Crippen molar-refractivity contribution in [2.75, 3.05) is 19.1 Å². The number of hydrogen-bond donors (Lipinski definition) is 1. The van der Waals surface area contributed by atoms with Gasteiger partial charge in [-0.1, -0.05) is 18.2 Å². The van der Waals surface area contributed by atoms with Gasteiger partial charge in [0.15, 0.2) is 0 Å². The third-order valence-electron chi connectivity index (χ3n) is 1.85. The summed E-state index contributed by atoms with van der Waals surface area (Å²) in [5, 5.41) is 7.21. The molecule has 1 N–H and O–H groups in total. The van der Waals surface area contributed by atoms with Crippen molar-refractivity contribution in [2.24, 2.45) is 0 Å². The zero-order valence-corrected chi connectivity index (χ0v) is 8.15. The molecule has 1 aromatic rings. The molecule has 0 radical (unpaired) electrons. The molecule has 0 unspecified atom stereocenters. The number of anilines is 1. The molecule has 0 saturated carbocycles. The fourth-order valence-electron chi connectivity index (χ4n) is 1.01. The van der Waals surface area contributed by atoms with Crippen LogP contribution < -0.4 is 4.90 Å². The molecule has 0 spiro atoms. The summed E-state index contributed by atoms with van der Waals surface area (Å²) in [4.78, 5) is 12.8. The quantitative estimate of drug-likeness (QED) is 0.538. The molecule has 4 nitrogen and oxygen atoms in total. The second kappa shape index (κ2) is 4.41. The van der Waals surface area contributed by atoms with Gasteiger partial charge in [-0.2, -0.15) is 0 Å². The van der Waals surface area contributed by atoms with E-state index in [0.717, 1.165) is 5.69 Å². The smallest absolute Gasteiger partial charge is 0.312 e. The molecular formula is C10H12N2O2. The molecule has 1 rings (SSSR count). The van der Waals surface area contributed by atoms with Crippen LogP contribution in [0.15, 0.2) is 30.3 Å². The number of methoxy groups -OCH3 is 1. The number of carbonyl (C=O) groups is 1. The molecule has 0 aliphatic heterocycles. The van der Waals surface area contributed by atoms with E-state index < -0.39 is 5.91 Å². The average Bonchev–Trinajstić information content (AvgIpc) is 2.27. The molecule has 0 aliphatic carbocycles. The molecule has 0 atom stereocenters. The number of para-hydroxylation sites is 1. The van der Waals surface area contributed by atoms with Crippen molar-refractivity contribution < 1.29 is 9.53 Å². The third-order valence-corrected chi connectivity index (χ3v) is 1.85. The van der Waals surface area contributed by atoms with E-state index in [9.17, 15) is 4.79 Å². The third kappa shape index (κ3) is 2.10. The Morgan fingerprint density at radius 1 is 1.36 bits per heavy atom. The van der Waals surface area contributed by atoms with E-state index in [1.807, 2.05) is 18.2 Å². The van der Waals surface area contributed by atoms with Crippen molar-refractivity contribution >= 4 is 17.5 Å². The van der Waals surface area contributed by atoms with E-state index in [-0.39, 0.29) is 5.90 Å². The van der Waals surface area contributed by atoms with Crippen LogP contribution in [0.1, 0.15) is 0 Å². The van der Waals surface area contributed by atoms with Gasteiger partial charge in [-0.15, -0.1) is 0 Å². The summed E-state index contributed by atoms with van der Waals surface area (Å²) in [5.41, 5.74) is 0.735. The largest absolute Gasteiger partial charge is 0.477 e. The van der Waals surface area contributed by atoms with E-state index in [2.05, 4.69) is 4.74 Å². The van der Waals surface area contributed by atoms with Gasteiger partial charge in [0.1, 0.15) is 0 Å². The lowest BCUT2D eigenvalue weighted by atomic mass is 10.3. The Hall–Kier alpha value is -1.84. The van der Waals surface area contributed by atoms with Gasteiger partial charge in [-0.05, 0) is 12.1 Å². The topological polar surface area (TPSA) is 53.4 Å². The Kier molecular flexibility index (Phi) is 3.23. The minimum Gasteiger partial charge on any atom is -0.477 e. The van der Waals surface area contributed by atoms with Gasteiger partial charge in [-0.3, -0.25) is 10.2 Å². The van der Waals surface area contributed by atoms with Crippen molar-refractivity contribution in [3.05, 3.63) is 30.3 Å². The molecular weight excluding hydrogens is 180 g/mol. The van der Waals surface area contributed by atoms with Gasteiger partial charge in [0.25, 0.3) is 5.90 Å². The summed E-state index contributed by atoms with van der Waals surface area (Å²) in [5.74, 6) is -0.824. The second-order valence-corrected chi connectivity index (χ2v) is 2.73. The Labute approximate surface area is 82.6 Å². The van der Waals surface area contributed by atoms with E-state index in [4.69, 9.17) is 5.41 Å². The van der Waals surface area contributed by atoms with Crippen LogP contribution in [0.2, 0.25) is 0 Å². The molecule has 0 aliphatic rings. The summed E-state index contributed by atoms with van der Waals surface area (Å²) >= 11 is 0. The molecule has 0 bridgehead atoms. The lowest BCUT2D eigenvalue weighted by Crippen LogP contribution is -2.33. The number of hydrogen-bond acceptors (Lipinski definition) is 3. The monoisotopic (exact) mass is 192 g/mol. The molecule has 74 valence electrons. The minimum absolute atomic E-state index is 0.364. The highest BCUT2D eigenvalue weighted by Crippen LogP contribution is 2.11. The summed E-state index contributed by atoms with van der Waals surface area (Å²) < 4.78 is 4.55. The number of likely N-dealkylation sites (N-methyl/N-ethyl adjacent to an activating group) is 1. The Bertz CT molecular complexity index is 335. The van der Waals surface area contributed by atoms with Crippen LogP contribution in [0.3, 0.4) is 0 Å². The molecule has 1 aromatic carbocycles. The second-order valence-electron chi connectivity index (χ2n) is 2.73. The maximum Gasteiger partial charge on any atom is 0.312 e. The first kappa shape index (κ1) is 10.2. The van der Waals surface area contributed by atoms with Gasteiger partial charge in [-0.25, -0.2) is 0 Å². The Morgan fingerprint density at radius 2 is 1.93 bits per heavy atom. The number of ether oxygens (including phenoxy) is 1. The molecule has 0 fully saturated rings. The highest BCUT2D eigenvalue weighted by molar-refractivity contribution is 6.39. The maximum absolute atomic E-state index is 11.5. The highest BCUT2D eigenvalue weighted by Gasteiger charge is 2.16. The van der Waals surface area contributed by atoms with Crippen molar-refractivity contribution in [3.8, 4) is 0 Å². The Morgan fingerprint density at radius 3 is 2.43 bits per heavy atom. The zero-order valence-electron chi connectivity index (χ0n) is 8.15.